The van der Waals surface area contributed by atoms with Crippen molar-refractivity contribution < 1.29 is 24.2 Å². The Balaban J connectivity index is 1.56. The van der Waals surface area contributed by atoms with Crippen LogP contribution in [0.15, 0.2) is 54.6 Å². The first kappa shape index (κ1) is 26.6. The highest BCUT2D eigenvalue weighted by atomic mass is 16.5. The van der Waals surface area contributed by atoms with Gasteiger partial charge in [-0.3, -0.25) is 14.4 Å². The molecule has 0 bridgehead atoms. The van der Waals surface area contributed by atoms with Crippen molar-refractivity contribution in [3.8, 4) is 0 Å². The van der Waals surface area contributed by atoms with E-state index >= 15 is 0 Å². The summed E-state index contributed by atoms with van der Waals surface area (Å²) in [6.45, 7) is 7.03. The smallest absolute Gasteiger partial charge is 0.249 e. The van der Waals surface area contributed by atoms with Crippen LogP contribution in [0.3, 0.4) is 0 Å². The van der Waals surface area contributed by atoms with E-state index < -0.39 is 35.6 Å². The first-order valence-electron chi connectivity index (χ1n) is 14.0. The van der Waals surface area contributed by atoms with Crippen molar-refractivity contribution in [2.45, 2.75) is 76.4 Å². The summed E-state index contributed by atoms with van der Waals surface area (Å²) in [5, 5.41) is 10.2. The van der Waals surface area contributed by atoms with E-state index in [1.54, 1.807) is 9.80 Å². The topological polar surface area (TPSA) is 90.4 Å². The predicted octanol–water partition coefficient (Wildman–Crippen LogP) is 2.52. The molecule has 8 nitrogen and oxygen atoms in total. The van der Waals surface area contributed by atoms with E-state index in [2.05, 4.69) is 6.92 Å². The van der Waals surface area contributed by atoms with Gasteiger partial charge in [-0.15, -0.1) is 0 Å². The van der Waals surface area contributed by atoms with Gasteiger partial charge in [-0.05, 0) is 25.3 Å². The zero-order valence-electron chi connectivity index (χ0n) is 22.5. The molecule has 4 aliphatic rings. The number of amides is 3. The number of aliphatic hydroxyl groups is 1. The van der Waals surface area contributed by atoms with E-state index in [0.717, 1.165) is 18.4 Å². The number of hydrogen-bond acceptors (Lipinski definition) is 5. The van der Waals surface area contributed by atoms with Gasteiger partial charge in [0.25, 0.3) is 0 Å². The molecule has 0 aromatic heterocycles. The maximum atomic E-state index is 14.3. The van der Waals surface area contributed by atoms with Gasteiger partial charge in [0, 0.05) is 25.7 Å². The number of rotatable bonds is 8. The molecular weight excluding hydrogens is 482 g/mol. The van der Waals surface area contributed by atoms with Crippen LogP contribution in [0.5, 0.6) is 0 Å². The first-order valence-corrected chi connectivity index (χ1v) is 14.0. The third-order valence-electron chi connectivity index (χ3n) is 8.74. The molecule has 1 aromatic rings. The Labute approximate surface area is 224 Å². The third kappa shape index (κ3) is 4.18. The molecule has 2 saturated heterocycles. The second-order valence-electron chi connectivity index (χ2n) is 11.0. The molecule has 0 saturated carbocycles. The summed E-state index contributed by atoms with van der Waals surface area (Å²) in [5.41, 5.74) is -0.252. The number of likely N-dealkylation sites (tertiary alicyclic amines) is 1. The number of fused-ring (bicyclic) bond motifs is 2. The number of aliphatic hydroxyl groups excluding tert-OH is 1. The first-order chi connectivity index (χ1) is 18.4. The molecule has 8 heteroatoms. The van der Waals surface area contributed by atoms with Crippen LogP contribution < -0.4 is 0 Å². The molecule has 1 spiro atoms. The molecule has 1 N–H and O–H groups in total. The van der Waals surface area contributed by atoms with Crippen LogP contribution in [0.25, 0.3) is 0 Å². The Bertz CT molecular complexity index is 1120. The molecule has 4 heterocycles. The SMILES string of the molecule is CCCC(C)N1CC=C[C@]23O[C@H]4C=CCN(Cc5ccccc5)C(=O)[C@H]4[C@H]2C(=O)N([C@@H](CC)CO)C3C1=O. The van der Waals surface area contributed by atoms with Crippen LogP contribution in [-0.2, 0) is 25.7 Å². The average molecular weight is 522 g/mol. The van der Waals surface area contributed by atoms with Crippen molar-refractivity contribution in [1.29, 1.82) is 0 Å². The molecule has 204 valence electrons. The summed E-state index contributed by atoms with van der Waals surface area (Å²) in [7, 11) is 0. The van der Waals surface area contributed by atoms with Gasteiger partial charge in [0.05, 0.1) is 30.6 Å². The van der Waals surface area contributed by atoms with Crippen LogP contribution >= 0.6 is 0 Å². The average Bonchev–Trinajstić information content (AvgIpc) is 3.23. The molecule has 0 aliphatic carbocycles. The summed E-state index contributed by atoms with van der Waals surface area (Å²) < 4.78 is 6.70. The quantitative estimate of drug-likeness (QED) is 0.531. The number of carbonyl (C=O) groups is 3. The van der Waals surface area contributed by atoms with Crippen molar-refractivity contribution in [1.82, 2.24) is 14.7 Å². The van der Waals surface area contributed by atoms with Crippen LogP contribution in [-0.4, -0.2) is 87.1 Å². The van der Waals surface area contributed by atoms with Crippen molar-refractivity contribution in [2.75, 3.05) is 19.7 Å². The van der Waals surface area contributed by atoms with Crippen LogP contribution in [0.4, 0.5) is 0 Å². The van der Waals surface area contributed by atoms with E-state index in [4.69, 9.17) is 4.74 Å². The molecule has 5 rings (SSSR count). The molecule has 1 aromatic carbocycles. The minimum atomic E-state index is -1.26. The van der Waals surface area contributed by atoms with Crippen LogP contribution in [0.1, 0.15) is 45.6 Å². The van der Waals surface area contributed by atoms with Crippen molar-refractivity contribution in [3.05, 3.63) is 60.2 Å². The number of carbonyl (C=O) groups excluding carboxylic acids is 3. The van der Waals surface area contributed by atoms with Gasteiger partial charge in [-0.25, -0.2) is 0 Å². The Morgan fingerprint density at radius 3 is 2.50 bits per heavy atom. The van der Waals surface area contributed by atoms with E-state index in [-0.39, 0.29) is 30.4 Å². The maximum absolute atomic E-state index is 14.3. The predicted molar refractivity (Wildman–Crippen MR) is 143 cm³/mol. The minimum Gasteiger partial charge on any atom is -0.394 e. The van der Waals surface area contributed by atoms with Crippen molar-refractivity contribution in [3.63, 3.8) is 0 Å². The molecule has 0 radical (unpaired) electrons. The highest BCUT2D eigenvalue weighted by molar-refractivity contribution is 6.00. The van der Waals surface area contributed by atoms with E-state index in [0.29, 0.717) is 26.1 Å². The molecular formula is C30H39N3O5. The lowest BCUT2D eigenvalue weighted by atomic mass is 9.77. The molecule has 3 amide bonds. The lowest BCUT2D eigenvalue weighted by Crippen LogP contribution is -2.59. The summed E-state index contributed by atoms with van der Waals surface area (Å²) in [6.07, 6.45) is 9.28. The molecule has 7 atom stereocenters. The fourth-order valence-electron chi connectivity index (χ4n) is 6.87. The number of nitrogens with zero attached hydrogens (tertiary/aromatic N) is 3. The zero-order chi connectivity index (χ0) is 27.0. The van der Waals surface area contributed by atoms with Crippen LogP contribution in [0, 0.1) is 11.8 Å². The second-order valence-corrected chi connectivity index (χ2v) is 11.0. The molecule has 2 fully saturated rings. The standard InChI is InChI=1S/C30H39N3O5/c1-4-11-20(3)32-17-10-15-30-25(28(36)33(22(5-2)19-34)26(30)29(32)37)24-23(38-30)14-9-16-31(27(24)35)18-21-12-7-6-8-13-21/h6-10,12-15,20,22-26,34H,4-5,11,16-19H2,1-3H3/t20?,22-,23-,24+,25-,26?,30-/m0/s1. The van der Waals surface area contributed by atoms with Crippen LogP contribution in [0.2, 0.25) is 0 Å². The minimum absolute atomic E-state index is 0.00715. The largest absolute Gasteiger partial charge is 0.394 e. The fourth-order valence-corrected chi connectivity index (χ4v) is 6.87. The summed E-state index contributed by atoms with van der Waals surface area (Å²) in [4.78, 5) is 47.8. The van der Waals surface area contributed by atoms with Gasteiger partial charge in [-0.2, -0.15) is 0 Å². The molecule has 38 heavy (non-hydrogen) atoms. The maximum Gasteiger partial charge on any atom is 0.249 e. The monoisotopic (exact) mass is 521 g/mol. The van der Waals surface area contributed by atoms with Gasteiger partial charge >= 0.3 is 0 Å². The van der Waals surface area contributed by atoms with E-state index in [1.807, 2.05) is 73.4 Å². The van der Waals surface area contributed by atoms with Gasteiger partial charge in [0.2, 0.25) is 17.7 Å². The van der Waals surface area contributed by atoms with Gasteiger partial charge in [-0.1, -0.05) is 74.9 Å². The van der Waals surface area contributed by atoms with Crippen molar-refractivity contribution in [2.24, 2.45) is 11.8 Å². The number of hydrogen-bond donors (Lipinski definition) is 1. The van der Waals surface area contributed by atoms with Crippen molar-refractivity contribution >= 4 is 17.7 Å². The van der Waals surface area contributed by atoms with E-state index in [9.17, 15) is 19.5 Å². The Kier molecular flexibility index (Phi) is 7.47. The summed E-state index contributed by atoms with van der Waals surface area (Å²) in [6, 6.07) is 8.33. The molecule has 2 unspecified atom stereocenters. The molecule has 4 aliphatic heterocycles. The summed E-state index contributed by atoms with van der Waals surface area (Å²) >= 11 is 0. The normalized spacial score (nSPS) is 32.1. The highest BCUT2D eigenvalue weighted by Crippen LogP contribution is 2.54. The van der Waals surface area contributed by atoms with Gasteiger partial charge in [0.1, 0.15) is 11.6 Å². The summed E-state index contributed by atoms with van der Waals surface area (Å²) in [5.74, 6) is -2.18. The zero-order valence-corrected chi connectivity index (χ0v) is 22.5. The van der Waals surface area contributed by atoms with E-state index in [1.165, 1.54) is 0 Å². The Morgan fingerprint density at radius 2 is 1.82 bits per heavy atom. The number of ether oxygens (including phenoxy) is 1. The Morgan fingerprint density at radius 1 is 1.05 bits per heavy atom. The highest BCUT2D eigenvalue weighted by Gasteiger charge is 2.72. The third-order valence-corrected chi connectivity index (χ3v) is 8.74. The lowest BCUT2D eigenvalue weighted by molar-refractivity contribution is -0.152. The second kappa shape index (κ2) is 10.7. The fraction of sp³-hybridized carbons (Fsp3) is 0.567. The van der Waals surface area contributed by atoms with Gasteiger partial charge < -0.3 is 24.5 Å². The number of benzene rings is 1. The lowest BCUT2D eigenvalue weighted by Gasteiger charge is -2.39. The van der Waals surface area contributed by atoms with Gasteiger partial charge in [0.15, 0.2) is 0 Å². The Hall–Kier alpha value is -2.97.